The highest BCUT2D eigenvalue weighted by molar-refractivity contribution is 5.94. The molecule has 0 aliphatic carbocycles. The lowest BCUT2D eigenvalue weighted by Crippen LogP contribution is -2.27. The smallest absolute Gasteiger partial charge is 0.269 e. The van der Waals surface area contributed by atoms with Gasteiger partial charge in [-0.2, -0.15) is 5.10 Å². The molecule has 2 rings (SSSR count). The van der Waals surface area contributed by atoms with E-state index in [4.69, 9.17) is 14.2 Å². The van der Waals surface area contributed by atoms with E-state index in [9.17, 15) is 4.79 Å². The van der Waals surface area contributed by atoms with Gasteiger partial charge in [0, 0.05) is 38.4 Å². The minimum atomic E-state index is -0.138. The Kier molecular flexibility index (Phi) is 7.47. The van der Waals surface area contributed by atoms with E-state index in [1.807, 2.05) is 12.1 Å². The number of rotatable bonds is 10. The molecule has 0 saturated heterocycles. The van der Waals surface area contributed by atoms with Crippen LogP contribution in [0.15, 0.2) is 24.3 Å². The van der Waals surface area contributed by atoms with E-state index in [0.29, 0.717) is 42.6 Å². The Hall–Kier alpha value is -2.54. The summed E-state index contributed by atoms with van der Waals surface area (Å²) in [6, 6.07) is 7.34. The molecule has 7 nitrogen and oxygen atoms in total. The molecule has 1 heterocycles. The number of aryl methyl sites for hydroxylation is 1. The topological polar surface area (TPSA) is 74.6 Å². The molecule has 0 saturated carbocycles. The van der Waals surface area contributed by atoms with Gasteiger partial charge in [0.25, 0.3) is 5.91 Å². The van der Waals surface area contributed by atoms with Gasteiger partial charge < -0.3 is 19.5 Å². The first-order valence-corrected chi connectivity index (χ1v) is 8.72. The van der Waals surface area contributed by atoms with Crippen molar-refractivity contribution in [3.8, 4) is 22.8 Å². The lowest BCUT2D eigenvalue weighted by atomic mass is 10.1. The largest absolute Gasteiger partial charge is 0.497 e. The number of carbonyl (C=O) groups excluding carboxylic acids is 1. The van der Waals surface area contributed by atoms with E-state index in [1.54, 1.807) is 38.1 Å². The summed E-state index contributed by atoms with van der Waals surface area (Å²) in [4.78, 5) is 12.5. The Balaban J connectivity index is 2.29. The van der Waals surface area contributed by atoms with Gasteiger partial charge in [-0.3, -0.25) is 9.48 Å². The number of aromatic nitrogens is 2. The number of hydrogen-bond donors (Lipinski definition) is 1. The standard InChI is InChI=1S/C19H27N3O4/c1-5-10-22-17(19(23)20-9-6-11-24-2)13-16(21-22)15-8-7-14(25-3)12-18(15)26-4/h7-8,12-13H,5-6,9-11H2,1-4H3,(H,20,23). The van der Waals surface area contributed by atoms with Gasteiger partial charge in [0.2, 0.25) is 0 Å². The van der Waals surface area contributed by atoms with E-state index in [2.05, 4.69) is 17.3 Å². The highest BCUT2D eigenvalue weighted by Crippen LogP contribution is 2.33. The number of ether oxygens (including phenoxy) is 3. The van der Waals surface area contributed by atoms with E-state index in [1.165, 1.54) is 0 Å². The van der Waals surface area contributed by atoms with Crippen LogP contribution >= 0.6 is 0 Å². The quantitative estimate of drug-likeness (QED) is 0.659. The lowest BCUT2D eigenvalue weighted by molar-refractivity contribution is 0.0937. The van der Waals surface area contributed by atoms with Crippen LogP contribution in [0.1, 0.15) is 30.3 Å². The summed E-state index contributed by atoms with van der Waals surface area (Å²) < 4.78 is 17.4. The van der Waals surface area contributed by atoms with E-state index in [-0.39, 0.29) is 5.91 Å². The molecule has 0 bridgehead atoms. The third-order valence-corrected chi connectivity index (χ3v) is 3.94. The Bertz CT molecular complexity index is 728. The fourth-order valence-corrected chi connectivity index (χ4v) is 2.63. The molecular formula is C19H27N3O4. The maximum atomic E-state index is 12.5. The van der Waals surface area contributed by atoms with Crippen LogP contribution in [0.4, 0.5) is 0 Å². The predicted molar refractivity (Wildman–Crippen MR) is 99.9 cm³/mol. The second-order valence-electron chi connectivity index (χ2n) is 5.81. The van der Waals surface area contributed by atoms with Gasteiger partial charge in [-0.15, -0.1) is 0 Å². The predicted octanol–water partition coefficient (Wildman–Crippen LogP) is 2.74. The Morgan fingerprint density at radius 1 is 1.19 bits per heavy atom. The van der Waals surface area contributed by atoms with Gasteiger partial charge in [-0.1, -0.05) is 6.92 Å². The normalized spacial score (nSPS) is 10.6. The molecule has 0 spiro atoms. The van der Waals surface area contributed by atoms with Crippen LogP contribution in [0.3, 0.4) is 0 Å². The monoisotopic (exact) mass is 361 g/mol. The first-order chi connectivity index (χ1) is 12.6. The van der Waals surface area contributed by atoms with Crippen molar-refractivity contribution in [3.63, 3.8) is 0 Å². The van der Waals surface area contributed by atoms with Crippen molar-refractivity contribution in [1.29, 1.82) is 0 Å². The van der Waals surface area contributed by atoms with E-state index < -0.39 is 0 Å². The zero-order chi connectivity index (χ0) is 18.9. The molecule has 1 N–H and O–H groups in total. The van der Waals surface area contributed by atoms with Crippen LogP contribution in [0, 0.1) is 0 Å². The van der Waals surface area contributed by atoms with Crippen LogP contribution in [-0.2, 0) is 11.3 Å². The molecule has 26 heavy (non-hydrogen) atoms. The summed E-state index contributed by atoms with van der Waals surface area (Å²) >= 11 is 0. The fourth-order valence-electron chi connectivity index (χ4n) is 2.63. The molecule has 0 unspecified atom stereocenters. The molecule has 7 heteroatoms. The fraction of sp³-hybridized carbons (Fsp3) is 0.474. The molecule has 0 aliphatic rings. The average molecular weight is 361 g/mol. The van der Waals surface area contributed by atoms with Gasteiger partial charge >= 0.3 is 0 Å². The molecule has 0 aliphatic heterocycles. The summed E-state index contributed by atoms with van der Waals surface area (Å²) in [6.07, 6.45) is 1.65. The van der Waals surface area contributed by atoms with Crippen molar-refractivity contribution in [2.45, 2.75) is 26.3 Å². The zero-order valence-corrected chi connectivity index (χ0v) is 15.9. The van der Waals surface area contributed by atoms with E-state index >= 15 is 0 Å². The molecule has 1 aromatic heterocycles. The highest BCUT2D eigenvalue weighted by atomic mass is 16.5. The van der Waals surface area contributed by atoms with Gasteiger partial charge in [0.1, 0.15) is 17.2 Å². The lowest BCUT2D eigenvalue weighted by Gasteiger charge is -2.08. The number of nitrogens with one attached hydrogen (secondary N) is 1. The summed E-state index contributed by atoms with van der Waals surface area (Å²) in [5, 5.41) is 7.52. The zero-order valence-electron chi connectivity index (χ0n) is 15.9. The number of carbonyl (C=O) groups is 1. The molecule has 2 aromatic rings. The van der Waals surface area contributed by atoms with Crippen molar-refractivity contribution >= 4 is 5.91 Å². The van der Waals surface area contributed by atoms with Crippen LogP contribution in [0.2, 0.25) is 0 Å². The Morgan fingerprint density at radius 2 is 2.00 bits per heavy atom. The summed E-state index contributed by atoms with van der Waals surface area (Å²) in [5.41, 5.74) is 2.05. The first-order valence-electron chi connectivity index (χ1n) is 8.72. The molecule has 0 fully saturated rings. The van der Waals surface area contributed by atoms with Gasteiger partial charge in [-0.05, 0) is 31.0 Å². The first kappa shape index (κ1) is 19.8. The Morgan fingerprint density at radius 3 is 2.65 bits per heavy atom. The summed E-state index contributed by atoms with van der Waals surface area (Å²) in [6.45, 7) is 3.89. The third-order valence-electron chi connectivity index (χ3n) is 3.94. The average Bonchev–Trinajstić information content (AvgIpc) is 3.08. The molecular weight excluding hydrogens is 334 g/mol. The summed E-state index contributed by atoms with van der Waals surface area (Å²) in [5.74, 6) is 1.22. The molecule has 1 aromatic carbocycles. The van der Waals surface area contributed by atoms with Crippen molar-refractivity contribution in [2.24, 2.45) is 0 Å². The van der Waals surface area contributed by atoms with Crippen LogP contribution in [0.5, 0.6) is 11.5 Å². The molecule has 0 atom stereocenters. The highest BCUT2D eigenvalue weighted by Gasteiger charge is 2.18. The van der Waals surface area contributed by atoms with Crippen molar-refractivity contribution < 1.29 is 19.0 Å². The summed E-state index contributed by atoms with van der Waals surface area (Å²) in [7, 11) is 4.85. The van der Waals surface area contributed by atoms with Crippen molar-refractivity contribution in [1.82, 2.24) is 15.1 Å². The van der Waals surface area contributed by atoms with Crippen LogP contribution < -0.4 is 14.8 Å². The van der Waals surface area contributed by atoms with E-state index in [0.717, 1.165) is 18.4 Å². The maximum absolute atomic E-state index is 12.5. The van der Waals surface area contributed by atoms with Crippen molar-refractivity contribution in [2.75, 3.05) is 34.5 Å². The number of methoxy groups -OCH3 is 3. The molecule has 0 radical (unpaired) electrons. The van der Waals surface area contributed by atoms with Gasteiger partial charge in [-0.25, -0.2) is 0 Å². The molecule has 142 valence electrons. The minimum Gasteiger partial charge on any atom is -0.497 e. The minimum absolute atomic E-state index is 0.138. The SMILES string of the molecule is CCCn1nc(-c2ccc(OC)cc2OC)cc1C(=O)NCCCOC. The number of amides is 1. The second-order valence-corrected chi connectivity index (χ2v) is 5.81. The molecule has 1 amide bonds. The maximum Gasteiger partial charge on any atom is 0.269 e. The van der Waals surface area contributed by atoms with Gasteiger partial charge in [0.15, 0.2) is 0 Å². The Labute approximate surface area is 154 Å². The van der Waals surface area contributed by atoms with Crippen LogP contribution in [0.25, 0.3) is 11.3 Å². The number of benzene rings is 1. The van der Waals surface area contributed by atoms with Crippen molar-refractivity contribution in [3.05, 3.63) is 30.0 Å². The van der Waals surface area contributed by atoms with Gasteiger partial charge in [0.05, 0.1) is 19.9 Å². The third kappa shape index (κ3) is 4.76. The second kappa shape index (κ2) is 9.82. The number of hydrogen-bond acceptors (Lipinski definition) is 5. The van der Waals surface area contributed by atoms with Crippen LogP contribution in [-0.4, -0.2) is 50.2 Å². The number of nitrogens with zero attached hydrogens (tertiary/aromatic N) is 2.